The number of benzene rings is 3. The average molecular weight is 839 g/mol. The van der Waals surface area contributed by atoms with Gasteiger partial charge in [-0.2, -0.15) is 0 Å². The first kappa shape index (κ1) is 36.7. The number of rotatable bonds is 10. The van der Waals surface area contributed by atoms with Crippen molar-refractivity contribution in [3.05, 3.63) is 102 Å². The molecule has 1 N–H and O–H groups in total. The van der Waals surface area contributed by atoms with Crippen LogP contribution in [0.4, 0.5) is 0 Å². The molecule has 47 heavy (non-hydrogen) atoms. The second kappa shape index (κ2) is 16.8. The zero-order valence-corrected chi connectivity index (χ0v) is 32.1. The number of ketones is 1. The van der Waals surface area contributed by atoms with Crippen molar-refractivity contribution in [3.63, 3.8) is 0 Å². The van der Waals surface area contributed by atoms with E-state index in [0.29, 0.717) is 5.92 Å². The van der Waals surface area contributed by atoms with Crippen molar-refractivity contribution in [2.75, 3.05) is 0 Å². The van der Waals surface area contributed by atoms with E-state index in [2.05, 4.69) is 86.6 Å². The number of aliphatic hydroxyl groups is 1. The van der Waals surface area contributed by atoms with Gasteiger partial charge in [-0.25, -0.2) is 0 Å². The Kier molecular flexibility index (Phi) is 13.1. The second-order valence-corrected chi connectivity index (χ2v) is 14.5. The van der Waals surface area contributed by atoms with Crippen LogP contribution in [0, 0.1) is 17.9 Å². The number of carbonyl (C=O) groups excluding carboxylic acids is 1. The molecule has 1 radical (unpaired) electrons. The van der Waals surface area contributed by atoms with Gasteiger partial charge in [-0.3, -0.25) is 4.79 Å². The minimum Gasteiger partial charge on any atom is -0.512 e. The van der Waals surface area contributed by atoms with E-state index in [1.165, 1.54) is 52.3 Å². The molecule has 3 aromatic heterocycles. The van der Waals surface area contributed by atoms with Crippen LogP contribution >= 0.6 is 22.7 Å². The van der Waals surface area contributed by atoms with Crippen LogP contribution in [0.15, 0.2) is 90.8 Å². The summed E-state index contributed by atoms with van der Waals surface area (Å²) in [7, 11) is 0. The Balaban J connectivity index is 0.000000269. The van der Waals surface area contributed by atoms with Gasteiger partial charge in [0.05, 0.1) is 9.77 Å². The number of carbonyl (C=O) groups is 1. The molecule has 6 aromatic rings. The van der Waals surface area contributed by atoms with Crippen molar-refractivity contribution >= 4 is 58.0 Å². The predicted molar refractivity (Wildman–Crippen MR) is 200 cm³/mol. The van der Waals surface area contributed by atoms with Crippen LogP contribution in [0.2, 0.25) is 0 Å². The van der Waals surface area contributed by atoms with Crippen molar-refractivity contribution in [3.8, 4) is 22.4 Å². The molecule has 0 fully saturated rings. The number of hydrogen-bond acceptors (Lipinski definition) is 5. The Morgan fingerprint density at radius 2 is 1.49 bits per heavy atom. The molecule has 0 aliphatic rings. The maximum atomic E-state index is 11.7. The van der Waals surface area contributed by atoms with E-state index < -0.39 is 0 Å². The van der Waals surface area contributed by atoms with Crippen LogP contribution in [-0.2, 0) is 24.9 Å². The molecule has 0 saturated heterocycles. The van der Waals surface area contributed by atoms with Crippen LogP contribution in [0.25, 0.3) is 52.0 Å². The third kappa shape index (κ3) is 8.12. The van der Waals surface area contributed by atoms with Gasteiger partial charge >= 0.3 is 0 Å². The maximum Gasteiger partial charge on any atom is 0.162 e. The molecule has 6 rings (SSSR count). The molecule has 0 amide bonds. The number of hydrogen-bond donors (Lipinski definition) is 1. The first-order valence-corrected chi connectivity index (χ1v) is 18.2. The van der Waals surface area contributed by atoms with E-state index >= 15 is 0 Å². The molecule has 0 aliphatic heterocycles. The fraction of sp³-hybridized carbons (Fsp3) is 0.317. The van der Waals surface area contributed by atoms with Gasteiger partial charge in [-0.05, 0) is 76.0 Å². The van der Waals surface area contributed by atoms with Crippen molar-refractivity contribution < 1.29 is 30.0 Å². The number of allylic oxidation sites excluding steroid dienone is 2. The van der Waals surface area contributed by atoms with Gasteiger partial charge in [0.2, 0.25) is 0 Å². The molecule has 6 heteroatoms. The van der Waals surface area contributed by atoms with Crippen molar-refractivity contribution in [1.82, 2.24) is 4.98 Å². The van der Waals surface area contributed by atoms with Gasteiger partial charge in [0.15, 0.2) is 5.78 Å². The van der Waals surface area contributed by atoms with E-state index in [9.17, 15) is 9.90 Å². The summed E-state index contributed by atoms with van der Waals surface area (Å²) in [6, 6.07) is 29.5. The normalized spacial score (nSPS) is 11.8. The third-order valence-corrected chi connectivity index (χ3v) is 11.3. The number of nitrogens with zero attached hydrogens (tertiary/aromatic N) is 1. The Morgan fingerprint density at radius 3 is 2.15 bits per heavy atom. The molecule has 0 bridgehead atoms. The van der Waals surface area contributed by atoms with E-state index in [-0.39, 0.29) is 43.5 Å². The van der Waals surface area contributed by atoms with Crippen LogP contribution < -0.4 is 0 Å². The minimum atomic E-state index is 0. The molecule has 0 atom stereocenters. The molecular weight excluding hydrogens is 795 g/mol. The summed E-state index contributed by atoms with van der Waals surface area (Å²) < 4.78 is 3.99. The van der Waals surface area contributed by atoms with Crippen molar-refractivity contribution in [1.29, 1.82) is 0 Å². The van der Waals surface area contributed by atoms with Gasteiger partial charge in [-0.15, -0.1) is 45.9 Å². The van der Waals surface area contributed by atoms with Crippen LogP contribution in [-0.4, -0.2) is 15.9 Å². The Hall–Kier alpha value is -3.15. The number of aliphatic hydroxyl groups excluding tert-OH is 1. The zero-order chi connectivity index (χ0) is 32.8. The molecule has 0 saturated carbocycles. The second-order valence-electron chi connectivity index (χ2n) is 12.2. The molecule has 3 aromatic carbocycles. The smallest absolute Gasteiger partial charge is 0.162 e. The van der Waals surface area contributed by atoms with Gasteiger partial charge in [0, 0.05) is 48.9 Å². The van der Waals surface area contributed by atoms with Crippen molar-refractivity contribution in [2.24, 2.45) is 11.8 Å². The SMILES string of the molecule is CC(C)c1cc(-c2cc(-c3ccccc3)ccn2)[c-]c2sc3sc4ccccc4c3c12.CCC(CC)C(=O)/C=C(\O)C(CC)CC.[Ir]. The van der Waals surface area contributed by atoms with E-state index in [4.69, 9.17) is 4.98 Å². The number of aromatic nitrogens is 1. The van der Waals surface area contributed by atoms with Gasteiger partial charge in [-0.1, -0.05) is 102 Å². The summed E-state index contributed by atoms with van der Waals surface area (Å²) >= 11 is 3.76. The molecule has 3 heterocycles. The van der Waals surface area contributed by atoms with E-state index in [0.717, 1.165) is 36.9 Å². The number of fused-ring (bicyclic) bond motifs is 5. The fourth-order valence-corrected chi connectivity index (χ4v) is 8.71. The topological polar surface area (TPSA) is 50.2 Å². The van der Waals surface area contributed by atoms with Gasteiger partial charge in [0.1, 0.15) is 0 Å². The molecule has 0 unspecified atom stereocenters. The molecular formula is C41H44IrNO2S2-. The summed E-state index contributed by atoms with van der Waals surface area (Å²) in [4.78, 5) is 16.4. The average Bonchev–Trinajstić information content (AvgIpc) is 3.62. The summed E-state index contributed by atoms with van der Waals surface area (Å²) in [6.07, 6.45) is 6.81. The summed E-state index contributed by atoms with van der Waals surface area (Å²) in [5.41, 5.74) is 5.83. The summed E-state index contributed by atoms with van der Waals surface area (Å²) in [5.74, 6) is 0.968. The maximum absolute atomic E-state index is 11.7. The fourth-order valence-electron chi connectivity index (χ4n) is 6.10. The van der Waals surface area contributed by atoms with Crippen LogP contribution in [0.5, 0.6) is 0 Å². The summed E-state index contributed by atoms with van der Waals surface area (Å²) in [6.45, 7) is 12.6. The first-order valence-electron chi connectivity index (χ1n) is 16.6. The van der Waals surface area contributed by atoms with Gasteiger partial charge in [0.25, 0.3) is 0 Å². The van der Waals surface area contributed by atoms with Crippen molar-refractivity contribution in [2.45, 2.75) is 73.1 Å². The largest absolute Gasteiger partial charge is 0.512 e. The monoisotopic (exact) mass is 839 g/mol. The molecule has 0 aliphatic carbocycles. The van der Waals surface area contributed by atoms with E-state index in [1.54, 1.807) is 0 Å². The third-order valence-electron chi connectivity index (χ3n) is 8.92. The molecule has 247 valence electrons. The summed E-state index contributed by atoms with van der Waals surface area (Å²) in [5, 5.41) is 13.9. The van der Waals surface area contributed by atoms with Gasteiger partial charge < -0.3 is 10.1 Å². The molecule has 0 spiro atoms. The Labute approximate surface area is 301 Å². The standard InChI is InChI=1S/C28H20NS2.C13H24O2.Ir/c1-17(2)22-14-20(23-15-19(12-13-29-23)18-8-4-3-5-9-18)16-25-26(22)27-21-10-6-7-11-24(21)30-28(27)31-25;1-5-10(6-2)12(14)9-13(15)11(7-3)8-4;/h3-15,17H,1-2H3;9-11,14H,5-8H2,1-4H3;/q-1;;/b;12-9-;. The zero-order valence-electron chi connectivity index (χ0n) is 28.1. The first-order chi connectivity index (χ1) is 22.3. The van der Waals surface area contributed by atoms with E-state index in [1.807, 2.05) is 62.6 Å². The van der Waals surface area contributed by atoms with Crippen LogP contribution in [0.1, 0.15) is 78.7 Å². The molecule has 3 nitrogen and oxygen atoms in total. The number of pyridine rings is 1. The number of thiophene rings is 2. The van der Waals surface area contributed by atoms with Crippen LogP contribution in [0.3, 0.4) is 0 Å². The predicted octanol–water partition coefficient (Wildman–Crippen LogP) is 12.8. The Morgan fingerprint density at radius 1 is 0.830 bits per heavy atom. The Bertz CT molecular complexity index is 1960. The minimum absolute atomic E-state index is 0. The quantitative estimate of drug-likeness (QED) is 0.0849.